The summed E-state index contributed by atoms with van der Waals surface area (Å²) < 4.78 is 2.95. The van der Waals surface area contributed by atoms with Crippen molar-refractivity contribution >= 4 is 51.0 Å². The van der Waals surface area contributed by atoms with Crippen LogP contribution in [0.15, 0.2) is 24.4 Å². The third-order valence-corrected chi connectivity index (χ3v) is 6.15. The number of nitrogens with zero attached hydrogens (tertiary/aromatic N) is 4. The largest absolute Gasteiger partial charge is 0.308 e. The fraction of sp³-hybridized carbons (Fsp3) is 0.318. The molecule has 0 saturated heterocycles. The normalized spacial score (nSPS) is 13.3. The van der Waals surface area contributed by atoms with Gasteiger partial charge in [0.25, 0.3) is 0 Å². The minimum atomic E-state index is -0.268. The number of anilines is 2. The summed E-state index contributed by atoms with van der Waals surface area (Å²) >= 11 is 2.36. The molecule has 2 heterocycles. The Balaban J connectivity index is 1.97. The SMILES string of the molecule is CC#CC(=O)N(c1cc(C)c(I)cc1C1CC1)c1nc2nn(C)cc2cc1C. The number of amides is 1. The first-order valence-corrected chi connectivity index (χ1v) is 10.3. The second-order valence-corrected chi connectivity index (χ2v) is 8.46. The molecule has 0 aliphatic heterocycles. The number of hydrogen-bond donors (Lipinski definition) is 0. The van der Waals surface area contributed by atoms with Gasteiger partial charge in [0.1, 0.15) is 5.82 Å². The van der Waals surface area contributed by atoms with Gasteiger partial charge in [-0.25, -0.2) is 4.98 Å². The summed E-state index contributed by atoms with van der Waals surface area (Å²) in [5.41, 5.74) is 4.77. The maximum absolute atomic E-state index is 13.1. The zero-order valence-corrected chi connectivity index (χ0v) is 18.5. The molecule has 6 heteroatoms. The Morgan fingerprint density at radius 1 is 1.25 bits per heavy atom. The van der Waals surface area contributed by atoms with Gasteiger partial charge < -0.3 is 0 Å². The second kappa shape index (κ2) is 7.21. The molecule has 0 radical (unpaired) electrons. The number of aryl methyl sites for hydroxylation is 3. The topological polar surface area (TPSA) is 51.0 Å². The summed E-state index contributed by atoms with van der Waals surface area (Å²) in [6.45, 7) is 5.72. The van der Waals surface area contributed by atoms with Crippen LogP contribution in [-0.4, -0.2) is 20.7 Å². The lowest BCUT2D eigenvalue weighted by atomic mass is 10.0. The van der Waals surface area contributed by atoms with E-state index in [9.17, 15) is 4.79 Å². The Morgan fingerprint density at radius 3 is 2.68 bits per heavy atom. The van der Waals surface area contributed by atoms with Crippen molar-refractivity contribution in [3.05, 3.63) is 44.7 Å². The van der Waals surface area contributed by atoms with Gasteiger partial charge >= 0.3 is 5.91 Å². The fourth-order valence-corrected chi connectivity index (χ4v) is 3.97. The molecule has 0 unspecified atom stereocenters. The summed E-state index contributed by atoms with van der Waals surface area (Å²) in [5, 5.41) is 5.39. The van der Waals surface area contributed by atoms with Crippen molar-refractivity contribution in [2.75, 3.05) is 4.90 Å². The molecular weight excluding hydrogens is 463 g/mol. The molecule has 2 aromatic heterocycles. The van der Waals surface area contributed by atoms with Gasteiger partial charge in [0.2, 0.25) is 0 Å². The Hall–Kier alpha value is -2.40. The smallest absolute Gasteiger partial charge is 0.273 e. The van der Waals surface area contributed by atoms with Gasteiger partial charge in [0.05, 0.1) is 5.69 Å². The lowest BCUT2D eigenvalue weighted by Gasteiger charge is -2.25. The van der Waals surface area contributed by atoms with Crippen LogP contribution >= 0.6 is 22.6 Å². The summed E-state index contributed by atoms with van der Waals surface area (Å²) in [6, 6.07) is 6.33. The number of carbonyl (C=O) groups excluding carboxylic acids is 1. The summed E-state index contributed by atoms with van der Waals surface area (Å²) in [5.74, 6) is 6.29. The van der Waals surface area contributed by atoms with Crippen LogP contribution < -0.4 is 4.90 Å². The summed E-state index contributed by atoms with van der Waals surface area (Å²) in [7, 11) is 1.87. The maximum Gasteiger partial charge on any atom is 0.308 e. The van der Waals surface area contributed by atoms with Crippen molar-refractivity contribution in [2.45, 2.75) is 39.5 Å². The number of rotatable bonds is 3. The number of benzene rings is 1. The van der Waals surface area contributed by atoms with Crippen LogP contribution in [0, 0.1) is 29.3 Å². The van der Waals surface area contributed by atoms with E-state index >= 15 is 0 Å². The van der Waals surface area contributed by atoms with E-state index in [1.165, 1.54) is 9.13 Å². The first-order valence-electron chi connectivity index (χ1n) is 9.27. The molecular formula is C22H21IN4O. The summed E-state index contributed by atoms with van der Waals surface area (Å²) in [4.78, 5) is 19.5. The van der Waals surface area contributed by atoms with E-state index in [0.29, 0.717) is 17.4 Å². The molecule has 28 heavy (non-hydrogen) atoms. The molecule has 1 fully saturated rings. The van der Waals surface area contributed by atoms with Crippen LogP contribution in [0.1, 0.15) is 42.4 Å². The average Bonchev–Trinajstić information content (AvgIpc) is 3.41. The molecule has 1 amide bonds. The zero-order chi connectivity index (χ0) is 20.0. The number of fused-ring (bicyclic) bond motifs is 1. The molecule has 0 N–H and O–H groups in total. The maximum atomic E-state index is 13.1. The molecule has 1 aliphatic rings. The Labute approximate surface area is 178 Å². The highest BCUT2D eigenvalue weighted by Crippen LogP contribution is 2.47. The monoisotopic (exact) mass is 484 g/mol. The molecule has 1 aliphatic carbocycles. The standard InChI is InChI=1S/C22H21IN4O/c1-5-6-20(28)27(19-10-13(2)18(23)11-17(19)15-7-8-15)22-14(3)9-16-12-26(4)25-21(16)24-22/h9-12,15H,7-8H2,1-4H3. The van der Waals surface area contributed by atoms with Crippen molar-refractivity contribution in [3.8, 4) is 11.8 Å². The molecule has 3 aromatic rings. The van der Waals surface area contributed by atoms with Crippen molar-refractivity contribution in [1.29, 1.82) is 0 Å². The van der Waals surface area contributed by atoms with Gasteiger partial charge in [-0.1, -0.05) is 5.92 Å². The average molecular weight is 484 g/mol. The zero-order valence-electron chi connectivity index (χ0n) is 16.4. The third-order valence-electron chi connectivity index (χ3n) is 4.99. The van der Waals surface area contributed by atoms with E-state index in [0.717, 1.165) is 35.0 Å². The van der Waals surface area contributed by atoms with Crippen molar-refractivity contribution < 1.29 is 4.79 Å². The van der Waals surface area contributed by atoms with Crippen LogP contribution in [0.4, 0.5) is 11.5 Å². The van der Waals surface area contributed by atoms with Gasteiger partial charge in [-0.15, -0.1) is 0 Å². The van der Waals surface area contributed by atoms with E-state index in [2.05, 4.69) is 58.6 Å². The molecule has 5 nitrogen and oxygen atoms in total. The molecule has 142 valence electrons. The minimum absolute atomic E-state index is 0.268. The second-order valence-electron chi connectivity index (χ2n) is 7.29. The van der Waals surface area contributed by atoms with E-state index in [-0.39, 0.29) is 5.91 Å². The number of carbonyl (C=O) groups is 1. The molecule has 1 saturated carbocycles. The molecule has 0 atom stereocenters. The fourth-order valence-electron chi connectivity index (χ4n) is 3.48. The van der Waals surface area contributed by atoms with Crippen LogP contribution in [0.5, 0.6) is 0 Å². The predicted molar refractivity (Wildman–Crippen MR) is 120 cm³/mol. The molecule has 0 bridgehead atoms. The lowest BCUT2D eigenvalue weighted by Crippen LogP contribution is -2.27. The van der Waals surface area contributed by atoms with Gasteiger partial charge in [-0.05, 0) is 103 Å². The van der Waals surface area contributed by atoms with Crippen molar-refractivity contribution in [3.63, 3.8) is 0 Å². The molecule has 0 spiro atoms. The first kappa shape index (κ1) is 18.9. The van der Waals surface area contributed by atoms with Crippen LogP contribution in [0.2, 0.25) is 0 Å². The van der Waals surface area contributed by atoms with Crippen molar-refractivity contribution in [1.82, 2.24) is 14.8 Å². The van der Waals surface area contributed by atoms with E-state index in [1.807, 2.05) is 26.2 Å². The third kappa shape index (κ3) is 3.39. The lowest BCUT2D eigenvalue weighted by molar-refractivity contribution is -0.112. The number of halogens is 1. The highest BCUT2D eigenvalue weighted by Gasteiger charge is 2.31. The van der Waals surface area contributed by atoms with Gasteiger partial charge in [-0.2, -0.15) is 5.10 Å². The number of aromatic nitrogens is 3. The van der Waals surface area contributed by atoms with E-state index < -0.39 is 0 Å². The van der Waals surface area contributed by atoms with Gasteiger partial charge in [0.15, 0.2) is 5.65 Å². The van der Waals surface area contributed by atoms with Gasteiger partial charge in [0, 0.05) is 22.2 Å². The van der Waals surface area contributed by atoms with Crippen LogP contribution in [-0.2, 0) is 11.8 Å². The number of hydrogen-bond acceptors (Lipinski definition) is 3. The number of pyridine rings is 1. The van der Waals surface area contributed by atoms with Crippen LogP contribution in [0.25, 0.3) is 11.0 Å². The Kier molecular flexibility index (Phi) is 4.88. The Morgan fingerprint density at radius 2 is 2.00 bits per heavy atom. The van der Waals surface area contributed by atoms with E-state index in [4.69, 9.17) is 4.98 Å². The first-order chi connectivity index (χ1) is 13.4. The van der Waals surface area contributed by atoms with Gasteiger partial charge in [-0.3, -0.25) is 14.4 Å². The highest BCUT2D eigenvalue weighted by molar-refractivity contribution is 14.1. The molecule has 1 aromatic carbocycles. The summed E-state index contributed by atoms with van der Waals surface area (Å²) in [6.07, 6.45) is 4.24. The predicted octanol–water partition coefficient (Wildman–Crippen LogP) is 4.76. The quantitative estimate of drug-likeness (QED) is 0.398. The minimum Gasteiger partial charge on any atom is -0.273 e. The highest BCUT2D eigenvalue weighted by atomic mass is 127. The van der Waals surface area contributed by atoms with Crippen molar-refractivity contribution in [2.24, 2.45) is 7.05 Å². The molecule has 4 rings (SSSR count). The van der Waals surface area contributed by atoms with Crippen LogP contribution in [0.3, 0.4) is 0 Å². The van der Waals surface area contributed by atoms with E-state index in [1.54, 1.807) is 16.5 Å². The Bertz CT molecular complexity index is 1160.